The molecule has 2 amide bonds. The molecular weight excluding hydrogens is 276 g/mol. The zero-order valence-electron chi connectivity index (χ0n) is 10.5. The number of carbonyl (C=O) groups is 2. The minimum atomic E-state index is -0.349. The lowest BCUT2D eigenvalue weighted by Crippen LogP contribution is -2.29. The standard InChI is InChI=1S/C15H11ClN2O2/c16-10-6-4-9(5-7-10)8-18-14(19)11-2-1-3-12(17)13(11)15(18)20/h1-7H,8,17H2. The number of hydrogen-bond donors (Lipinski definition) is 1. The van der Waals surface area contributed by atoms with Crippen molar-refractivity contribution >= 4 is 29.1 Å². The molecule has 0 spiro atoms. The second-order valence-corrected chi connectivity index (χ2v) is 5.03. The van der Waals surface area contributed by atoms with E-state index in [-0.39, 0.29) is 18.4 Å². The Labute approximate surface area is 120 Å². The number of nitrogens with zero attached hydrogens (tertiary/aromatic N) is 1. The topological polar surface area (TPSA) is 63.4 Å². The molecule has 2 aromatic rings. The SMILES string of the molecule is Nc1cccc2c1C(=O)N(Cc1ccc(Cl)cc1)C2=O. The fraction of sp³-hybridized carbons (Fsp3) is 0.0667. The van der Waals surface area contributed by atoms with E-state index in [1.165, 1.54) is 4.90 Å². The first-order valence-electron chi connectivity index (χ1n) is 6.07. The Balaban J connectivity index is 1.94. The van der Waals surface area contributed by atoms with Gasteiger partial charge in [-0.05, 0) is 29.8 Å². The van der Waals surface area contributed by atoms with Crippen molar-refractivity contribution < 1.29 is 9.59 Å². The molecule has 1 aliphatic heterocycles. The fourth-order valence-electron chi connectivity index (χ4n) is 2.28. The zero-order valence-corrected chi connectivity index (χ0v) is 11.2. The van der Waals surface area contributed by atoms with Gasteiger partial charge in [0, 0.05) is 10.7 Å². The van der Waals surface area contributed by atoms with E-state index in [0.717, 1.165) is 5.56 Å². The van der Waals surface area contributed by atoms with Gasteiger partial charge < -0.3 is 5.73 Å². The molecule has 0 atom stereocenters. The monoisotopic (exact) mass is 286 g/mol. The molecule has 0 aliphatic carbocycles. The summed E-state index contributed by atoms with van der Waals surface area (Å²) in [6.45, 7) is 0.211. The summed E-state index contributed by atoms with van der Waals surface area (Å²) in [5.74, 6) is -0.662. The van der Waals surface area contributed by atoms with Gasteiger partial charge in [0.05, 0.1) is 17.7 Å². The summed E-state index contributed by atoms with van der Waals surface area (Å²) < 4.78 is 0. The lowest BCUT2D eigenvalue weighted by atomic mass is 10.1. The van der Waals surface area contributed by atoms with Crippen LogP contribution in [0.15, 0.2) is 42.5 Å². The number of fused-ring (bicyclic) bond motifs is 1. The Morgan fingerprint density at radius 3 is 2.35 bits per heavy atom. The van der Waals surface area contributed by atoms with Crippen LogP contribution in [0.4, 0.5) is 5.69 Å². The fourth-order valence-corrected chi connectivity index (χ4v) is 2.40. The van der Waals surface area contributed by atoms with Crippen molar-refractivity contribution in [2.24, 2.45) is 0 Å². The molecular formula is C15H11ClN2O2. The number of carbonyl (C=O) groups excluding carboxylic acids is 2. The van der Waals surface area contributed by atoms with Gasteiger partial charge in [-0.25, -0.2) is 0 Å². The molecule has 100 valence electrons. The van der Waals surface area contributed by atoms with Gasteiger partial charge in [0.1, 0.15) is 0 Å². The molecule has 2 N–H and O–H groups in total. The van der Waals surface area contributed by atoms with Crippen molar-refractivity contribution in [2.75, 3.05) is 5.73 Å². The van der Waals surface area contributed by atoms with E-state index in [2.05, 4.69) is 0 Å². The Hall–Kier alpha value is -2.33. The van der Waals surface area contributed by atoms with Crippen LogP contribution in [0.25, 0.3) is 0 Å². The molecule has 0 radical (unpaired) electrons. The summed E-state index contributed by atoms with van der Waals surface area (Å²) in [7, 11) is 0. The first-order chi connectivity index (χ1) is 9.58. The minimum Gasteiger partial charge on any atom is -0.398 e. The molecule has 5 heteroatoms. The predicted molar refractivity (Wildman–Crippen MR) is 76.5 cm³/mol. The van der Waals surface area contributed by atoms with Crippen LogP contribution >= 0.6 is 11.6 Å². The second kappa shape index (κ2) is 4.65. The summed E-state index contributed by atoms with van der Waals surface area (Å²) in [5.41, 5.74) is 7.61. The van der Waals surface area contributed by atoms with Crippen molar-refractivity contribution in [1.29, 1.82) is 0 Å². The molecule has 3 rings (SSSR count). The number of nitrogen functional groups attached to an aromatic ring is 1. The quantitative estimate of drug-likeness (QED) is 0.682. The molecule has 4 nitrogen and oxygen atoms in total. The van der Waals surface area contributed by atoms with Crippen LogP contribution in [0.5, 0.6) is 0 Å². The summed E-state index contributed by atoms with van der Waals surface area (Å²) >= 11 is 5.82. The Morgan fingerprint density at radius 1 is 1.00 bits per heavy atom. The van der Waals surface area contributed by atoms with Crippen LogP contribution in [0.1, 0.15) is 26.3 Å². The smallest absolute Gasteiger partial charge is 0.263 e. The number of rotatable bonds is 2. The predicted octanol–water partition coefficient (Wildman–Crippen LogP) is 2.72. The van der Waals surface area contributed by atoms with Crippen molar-refractivity contribution in [1.82, 2.24) is 4.90 Å². The number of imide groups is 1. The molecule has 0 saturated carbocycles. The molecule has 0 unspecified atom stereocenters. The summed E-state index contributed by atoms with van der Waals surface area (Å²) in [4.78, 5) is 25.8. The Morgan fingerprint density at radius 2 is 1.70 bits per heavy atom. The van der Waals surface area contributed by atoms with E-state index in [4.69, 9.17) is 17.3 Å². The Bertz CT molecular complexity index is 710. The minimum absolute atomic E-state index is 0.211. The number of amides is 2. The highest BCUT2D eigenvalue weighted by Gasteiger charge is 2.36. The van der Waals surface area contributed by atoms with Gasteiger partial charge in [0.15, 0.2) is 0 Å². The highest BCUT2D eigenvalue weighted by atomic mass is 35.5. The molecule has 0 bridgehead atoms. The molecule has 20 heavy (non-hydrogen) atoms. The Kier molecular flexibility index (Phi) is 2.95. The first-order valence-corrected chi connectivity index (χ1v) is 6.45. The number of anilines is 1. The van der Waals surface area contributed by atoms with Crippen molar-refractivity contribution in [3.63, 3.8) is 0 Å². The van der Waals surface area contributed by atoms with Crippen molar-refractivity contribution in [3.05, 3.63) is 64.2 Å². The van der Waals surface area contributed by atoms with Gasteiger partial charge in [-0.3, -0.25) is 14.5 Å². The van der Waals surface area contributed by atoms with Crippen molar-refractivity contribution in [2.45, 2.75) is 6.54 Å². The molecule has 0 fully saturated rings. The lowest BCUT2D eigenvalue weighted by molar-refractivity contribution is 0.0642. The number of benzene rings is 2. The summed E-state index contributed by atoms with van der Waals surface area (Å²) in [5, 5.41) is 0.611. The van der Waals surface area contributed by atoms with Crippen LogP contribution in [-0.2, 0) is 6.54 Å². The van der Waals surface area contributed by atoms with E-state index in [9.17, 15) is 9.59 Å². The zero-order chi connectivity index (χ0) is 14.3. The third-order valence-corrected chi connectivity index (χ3v) is 3.54. The number of hydrogen-bond acceptors (Lipinski definition) is 3. The van der Waals surface area contributed by atoms with Crippen LogP contribution in [-0.4, -0.2) is 16.7 Å². The number of nitrogens with two attached hydrogens (primary N) is 1. The van der Waals surface area contributed by atoms with Gasteiger partial charge in [0.25, 0.3) is 11.8 Å². The first kappa shape index (κ1) is 12.7. The van der Waals surface area contributed by atoms with Crippen LogP contribution in [0, 0.1) is 0 Å². The highest BCUT2D eigenvalue weighted by Crippen LogP contribution is 2.28. The van der Waals surface area contributed by atoms with E-state index in [0.29, 0.717) is 21.8 Å². The van der Waals surface area contributed by atoms with E-state index in [1.807, 2.05) is 0 Å². The van der Waals surface area contributed by atoms with E-state index < -0.39 is 0 Å². The van der Waals surface area contributed by atoms with Gasteiger partial charge >= 0.3 is 0 Å². The maximum absolute atomic E-state index is 12.3. The molecule has 1 heterocycles. The molecule has 0 aromatic heterocycles. The third kappa shape index (κ3) is 1.94. The van der Waals surface area contributed by atoms with Gasteiger partial charge in [0.2, 0.25) is 0 Å². The third-order valence-electron chi connectivity index (χ3n) is 3.29. The molecule has 2 aromatic carbocycles. The van der Waals surface area contributed by atoms with Crippen LogP contribution in [0.2, 0.25) is 5.02 Å². The van der Waals surface area contributed by atoms with Gasteiger partial charge in [-0.15, -0.1) is 0 Å². The molecule has 0 saturated heterocycles. The lowest BCUT2D eigenvalue weighted by Gasteiger charge is -2.13. The van der Waals surface area contributed by atoms with Crippen LogP contribution < -0.4 is 5.73 Å². The summed E-state index contributed by atoms with van der Waals surface area (Å²) in [6.07, 6.45) is 0. The average molecular weight is 287 g/mol. The molecule has 1 aliphatic rings. The maximum atomic E-state index is 12.3. The van der Waals surface area contributed by atoms with E-state index in [1.54, 1.807) is 42.5 Å². The maximum Gasteiger partial charge on any atom is 0.263 e. The van der Waals surface area contributed by atoms with Gasteiger partial charge in [-0.2, -0.15) is 0 Å². The number of halogens is 1. The van der Waals surface area contributed by atoms with Crippen molar-refractivity contribution in [3.8, 4) is 0 Å². The van der Waals surface area contributed by atoms with E-state index >= 15 is 0 Å². The second-order valence-electron chi connectivity index (χ2n) is 4.59. The highest BCUT2D eigenvalue weighted by molar-refractivity contribution is 6.30. The van der Waals surface area contributed by atoms with Gasteiger partial charge in [-0.1, -0.05) is 29.8 Å². The van der Waals surface area contributed by atoms with Crippen LogP contribution in [0.3, 0.4) is 0 Å². The largest absolute Gasteiger partial charge is 0.398 e. The summed E-state index contributed by atoms with van der Waals surface area (Å²) in [6, 6.07) is 11.9. The average Bonchev–Trinajstić information content (AvgIpc) is 2.67. The normalized spacial score (nSPS) is 13.8.